The quantitative estimate of drug-likeness (QED) is 0.592. The van der Waals surface area contributed by atoms with Gasteiger partial charge in [0.1, 0.15) is 0 Å². The van der Waals surface area contributed by atoms with Gasteiger partial charge in [0.15, 0.2) is 7.83 Å². The van der Waals surface area contributed by atoms with Crippen molar-refractivity contribution in [3.8, 4) is 0 Å². The molecule has 2 atom stereocenters. The highest BCUT2D eigenvalue weighted by atomic mass is 32.1. The van der Waals surface area contributed by atoms with Crippen LogP contribution in [0.5, 0.6) is 0 Å². The third-order valence-corrected chi connectivity index (χ3v) is 47.0. The SMILES string of the molecule is CCC(S)C1(C)C[Si](C)(C)[Si](C)(C)[Si](C)(C)O1. The van der Waals surface area contributed by atoms with E-state index in [-0.39, 0.29) is 5.60 Å². The summed E-state index contributed by atoms with van der Waals surface area (Å²) in [7, 11) is -3.83. The van der Waals surface area contributed by atoms with Crippen molar-refractivity contribution in [2.24, 2.45) is 0 Å². The van der Waals surface area contributed by atoms with E-state index in [1.54, 1.807) is 0 Å². The maximum atomic E-state index is 6.72. The van der Waals surface area contributed by atoms with E-state index in [0.29, 0.717) is 5.25 Å². The summed E-state index contributed by atoms with van der Waals surface area (Å²) in [6, 6.07) is 1.30. The van der Waals surface area contributed by atoms with Crippen molar-refractivity contribution in [3.05, 3.63) is 0 Å². The lowest BCUT2D eigenvalue weighted by Gasteiger charge is -2.59. The van der Waals surface area contributed by atoms with Crippen LogP contribution in [0.15, 0.2) is 0 Å². The van der Waals surface area contributed by atoms with Crippen molar-refractivity contribution in [2.45, 2.75) is 76.4 Å². The summed E-state index contributed by atoms with van der Waals surface area (Å²) in [4.78, 5) is 0. The second-order valence-electron chi connectivity index (χ2n) is 7.53. The van der Waals surface area contributed by atoms with Gasteiger partial charge in [-0.3, -0.25) is 0 Å². The van der Waals surface area contributed by atoms with Gasteiger partial charge in [0.2, 0.25) is 0 Å². The van der Waals surface area contributed by atoms with Crippen molar-refractivity contribution in [1.29, 1.82) is 0 Å². The molecule has 0 saturated carbocycles. The molecule has 1 nitrogen and oxygen atoms in total. The highest BCUT2D eigenvalue weighted by molar-refractivity contribution is 7.81. The van der Waals surface area contributed by atoms with E-state index < -0.39 is 22.5 Å². The first-order valence-electron chi connectivity index (χ1n) is 6.78. The molecule has 0 aromatic carbocycles. The number of thiol groups is 1. The van der Waals surface area contributed by atoms with E-state index in [9.17, 15) is 0 Å². The minimum atomic E-state index is -1.52. The average molecular weight is 307 g/mol. The molecule has 0 spiro atoms. The summed E-state index contributed by atoms with van der Waals surface area (Å²) < 4.78 is 6.72. The fraction of sp³-hybridized carbons (Fsp3) is 1.00. The standard InChI is InChI=1S/C12H30OSSi3/c1-9-11(14)12(2)10-15(3,4)17(7,8)16(5,6)13-12/h11,14H,9-10H2,1-8H3. The number of hydrogen-bond acceptors (Lipinski definition) is 2. The van der Waals surface area contributed by atoms with Crippen molar-refractivity contribution in [3.63, 3.8) is 0 Å². The van der Waals surface area contributed by atoms with Crippen LogP contribution in [-0.4, -0.2) is 33.4 Å². The Bertz CT molecular complexity index is 282. The zero-order valence-electron chi connectivity index (χ0n) is 12.8. The smallest absolute Gasteiger partial charge is 0.172 e. The van der Waals surface area contributed by atoms with Gasteiger partial charge in [-0.15, -0.1) is 0 Å². The van der Waals surface area contributed by atoms with E-state index in [1.807, 2.05) is 0 Å². The Hall–Kier alpha value is 0.961. The van der Waals surface area contributed by atoms with Crippen LogP contribution in [-0.2, 0) is 4.43 Å². The molecule has 1 heterocycles. The number of rotatable bonds is 2. The molecule has 0 radical (unpaired) electrons. The van der Waals surface area contributed by atoms with Gasteiger partial charge >= 0.3 is 0 Å². The maximum absolute atomic E-state index is 6.72. The molecular weight excluding hydrogens is 276 g/mol. The fourth-order valence-corrected chi connectivity index (χ4v) is 34.3. The molecule has 0 amide bonds. The molecule has 5 heteroatoms. The second kappa shape index (κ2) is 4.51. The summed E-state index contributed by atoms with van der Waals surface area (Å²) in [5.74, 6) is 0. The molecule has 1 aliphatic heterocycles. The maximum Gasteiger partial charge on any atom is 0.172 e. The van der Waals surface area contributed by atoms with Crippen LogP contribution < -0.4 is 0 Å². The van der Waals surface area contributed by atoms with Crippen molar-refractivity contribution in [1.82, 2.24) is 0 Å². The summed E-state index contributed by atoms with van der Waals surface area (Å²) >= 11 is 4.81. The molecule has 2 unspecified atom stereocenters. The van der Waals surface area contributed by atoms with Crippen molar-refractivity contribution >= 4 is 35.2 Å². The summed E-state index contributed by atoms with van der Waals surface area (Å²) in [5, 5.41) is 0.395. The molecule has 0 aromatic heterocycles. The molecule has 0 bridgehead atoms. The largest absolute Gasteiger partial charge is 0.414 e. The van der Waals surface area contributed by atoms with Gasteiger partial charge in [0, 0.05) is 12.8 Å². The molecule has 102 valence electrons. The van der Waals surface area contributed by atoms with Crippen molar-refractivity contribution < 1.29 is 4.43 Å². The Balaban J connectivity index is 3.16. The van der Waals surface area contributed by atoms with E-state index in [4.69, 9.17) is 17.1 Å². The van der Waals surface area contributed by atoms with Gasteiger partial charge < -0.3 is 4.43 Å². The molecule has 17 heavy (non-hydrogen) atoms. The lowest BCUT2D eigenvalue weighted by molar-refractivity contribution is 0.0973. The normalized spacial score (nSPS) is 36.5. The Morgan fingerprint density at radius 2 is 1.65 bits per heavy atom. The van der Waals surface area contributed by atoms with Gasteiger partial charge in [-0.1, -0.05) is 33.1 Å². The first-order valence-corrected chi connectivity index (χ1v) is 18.4. The minimum Gasteiger partial charge on any atom is -0.414 e. The molecule has 1 saturated heterocycles. The van der Waals surface area contributed by atoms with Gasteiger partial charge in [-0.2, -0.15) is 12.6 Å². The van der Waals surface area contributed by atoms with Gasteiger partial charge in [0.25, 0.3) is 0 Å². The molecule has 0 aliphatic carbocycles. The Kier molecular flexibility index (Phi) is 4.25. The van der Waals surface area contributed by atoms with Crippen LogP contribution in [0.25, 0.3) is 0 Å². The zero-order chi connectivity index (χ0) is 13.7. The Labute approximate surface area is 116 Å². The lowest BCUT2D eigenvalue weighted by Crippen LogP contribution is -2.79. The topological polar surface area (TPSA) is 9.23 Å². The van der Waals surface area contributed by atoms with Crippen LogP contribution in [0, 0.1) is 0 Å². The molecule has 0 N–H and O–H groups in total. The Morgan fingerprint density at radius 3 is 2.00 bits per heavy atom. The van der Waals surface area contributed by atoms with Crippen LogP contribution in [0.4, 0.5) is 0 Å². The first kappa shape index (κ1) is 16.0. The summed E-state index contributed by atoms with van der Waals surface area (Å²) in [6.07, 6.45) is 1.11. The predicted octanol–water partition coefficient (Wildman–Crippen LogP) is 4.26. The van der Waals surface area contributed by atoms with Crippen molar-refractivity contribution in [2.75, 3.05) is 0 Å². The lowest BCUT2D eigenvalue weighted by atomic mass is 10.0. The minimum absolute atomic E-state index is 0.0336. The highest BCUT2D eigenvalue weighted by Crippen LogP contribution is 2.46. The fourth-order valence-electron chi connectivity index (χ4n) is 3.28. The second-order valence-corrected chi connectivity index (χ2v) is 35.4. The Morgan fingerprint density at radius 1 is 1.18 bits per heavy atom. The van der Waals surface area contributed by atoms with E-state index in [0.717, 1.165) is 6.42 Å². The van der Waals surface area contributed by atoms with Gasteiger partial charge in [-0.25, -0.2) is 0 Å². The summed E-state index contributed by atoms with van der Waals surface area (Å²) in [5.41, 5.74) is 0.0336. The predicted molar refractivity (Wildman–Crippen MR) is 89.8 cm³/mol. The monoisotopic (exact) mass is 306 g/mol. The number of hydrogen-bond donors (Lipinski definition) is 1. The molecule has 1 aliphatic rings. The molecule has 1 fully saturated rings. The van der Waals surface area contributed by atoms with Crippen LogP contribution in [0.2, 0.25) is 45.3 Å². The average Bonchev–Trinajstić information content (AvgIpc) is 2.12. The third-order valence-electron chi connectivity index (χ3n) is 5.57. The first-order chi connectivity index (χ1) is 7.40. The van der Waals surface area contributed by atoms with Crippen LogP contribution in [0.1, 0.15) is 20.3 Å². The van der Waals surface area contributed by atoms with Gasteiger partial charge in [0.05, 0.1) is 12.7 Å². The van der Waals surface area contributed by atoms with Crippen LogP contribution >= 0.6 is 12.6 Å². The molecular formula is C12H30OSSi3. The molecule has 0 aromatic rings. The third kappa shape index (κ3) is 2.50. The van der Waals surface area contributed by atoms with E-state index in [1.165, 1.54) is 6.04 Å². The zero-order valence-corrected chi connectivity index (χ0v) is 16.7. The molecule has 1 rings (SSSR count). The van der Waals surface area contributed by atoms with E-state index in [2.05, 4.69) is 53.1 Å². The van der Waals surface area contributed by atoms with Gasteiger partial charge in [-0.05, 0) is 32.5 Å². The van der Waals surface area contributed by atoms with Crippen LogP contribution in [0.3, 0.4) is 0 Å². The summed E-state index contributed by atoms with van der Waals surface area (Å²) in [6.45, 7) is 19.8. The highest BCUT2D eigenvalue weighted by Gasteiger charge is 2.62. The van der Waals surface area contributed by atoms with E-state index >= 15 is 0 Å².